The highest BCUT2D eigenvalue weighted by molar-refractivity contribution is 5.58. The van der Waals surface area contributed by atoms with Crippen molar-refractivity contribution in [1.82, 2.24) is 15.0 Å². The second-order valence-electron chi connectivity index (χ2n) is 4.63. The van der Waals surface area contributed by atoms with E-state index < -0.39 is 0 Å². The molecule has 0 aliphatic rings. The van der Waals surface area contributed by atoms with Gasteiger partial charge in [0.1, 0.15) is 0 Å². The van der Waals surface area contributed by atoms with Crippen LogP contribution in [0, 0.1) is 6.92 Å². The van der Waals surface area contributed by atoms with Crippen LogP contribution < -0.4 is 0 Å². The molecule has 2 aromatic carbocycles. The molecule has 0 atom stereocenters. The maximum absolute atomic E-state index is 4.18. The molecule has 1 aromatic heterocycles. The molecule has 0 unspecified atom stereocenters. The van der Waals surface area contributed by atoms with Gasteiger partial charge in [-0.1, -0.05) is 65.4 Å². The fourth-order valence-corrected chi connectivity index (χ4v) is 2.07. The molecule has 94 valence electrons. The highest BCUT2D eigenvalue weighted by atomic mass is 15.4. The number of aryl methyl sites for hydroxylation is 1. The van der Waals surface area contributed by atoms with Crippen LogP contribution in [0.5, 0.6) is 0 Å². The van der Waals surface area contributed by atoms with E-state index in [1.54, 1.807) is 0 Å². The van der Waals surface area contributed by atoms with Gasteiger partial charge < -0.3 is 0 Å². The average molecular weight is 249 g/mol. The van der Waals surface area contributed by atoms with E-state index >= 15 is 0 Å². The van der Waals surface area contributed by atoms with Gasteiger partial charge in [-0.05, 0) is 12.5 Å². The van der Waals surface area contributed by atoms with Gasteiger partial charge in [0.25, 0.3) is 0 Å². The molecular weight excluding hydrogens is 234 g/mol. The maximum Gasteiger partial charge on any atom is 0.0889 e. The number of hydrogen-bond donors (Lipinski definition) is 0. The second-order valence-corrected chi connectivity index (χ2v) is 4.63. The lowest BCUT2D eigenvalue weighted by molar-refractivity contribution is 0.655. The number of nitrogens with zero attached hydrogens (tertiary/aromatic N) is 3. The van der Waals surface area contributed by atoms with Gasteiger partial charge >= 0.3 is 0 Å². The zero-order chi connectivity index (χ0) is 13.1. The second kappa shape index (κ2) is 5.06. The maximum atomic E-state index is 4.18. The van der Waals surface area contributed by atoms with E-state index in [1.807, 2.05) is 29.1 Å². The van der Waals surface area contributed by atoms with E-state index in [9.17, 15) is 0 Å². The predicted molar refractivity (Wildman–Crippen MR) is 75.7 cm³/mol. The molecule has 0 saturated carbocycles. The molecule has 0 spiro atoms. The van der Waals surface area contributed by atoms with Crippen LogP contribution in [-0.4, -0.2) is 15.0 Å². The lowest BCUT2D eigenvalue weighted by Crippen LogP contribution is -2.03. The third-order valence-electron chi connectivity index (χ3n) is 3.14. The molecule has 19 heavy (non-hydrogen) atoms. The summed E-state index contributed by atoms with van der Waals surface area (Å²) in [6, 6.07) is 18.7. The smallest absolute Gasteiger partial charge is 0.0889 e. The summed E-state index contributed by atoms with van der Waals surface area (Å²) in [5.74, 6) is 0. The Hall–Kier alpha value is -2.42. The van der Waals surface area contributed by atoms with E-state index in [2.05, 4.69) is 53.6 Å². The summed E-state index contributed by atoms with van der Waals surface area (Å²) in [5, 5.41) is 8.20. The minimum atomic E-state index is 0.741. The van der Waals surface area contributed by atoms with E-state index in [-0.39, 0.29) is 0 Å². The third-order valence-corrected chi connectivity index (χ3v) is 3.14. The first-order valence-corrected chi connectivity index (χ1v) is 6.32. The topological polar surface area (TPSA) is 30.7 Å². The van der Waals surface area contributed by atoms with Crippen LogP contribution in [0.4, 0.5) is 0 Å². The molecule has 0 N–H and O–H groups in total. The van der Waals surface area contributed by atoms with Crippen molar-refractivity contribution in [3.63, 3.8) is 0 Å². The van der Waals surface area contributed by atoms with Gasteiger partial charge in [0, 0.05) is 5.56 Å². The van der Waals surface area contributed by atoms with Crippen LogP contribution in [0.15, 0.2) is 60.8 Å². The normalized spacial score (nSPS) is 10.6. The van der Waals surface area contributed by atoms with Crippen molar-refractivity contribution in [2.75, 3.05) is 0 Å². The van der Waals surface area contributed by atoms with Crippen LogP contribution in [0.25, 0.3) is 11.3 Å². The van der Waals surface area contributed by atoms with Crippen molar-refractivity contribution in [2.45, 2.75) is 13.5 Å². The van der Waals surface area contributed by atoms with Crippen LogP contribution in [0.3, 0.4) is 0 Å². The summed E-state index contributed by atoms with van der Waals surface area (Å²) in [7, 11) is 0. The molecule has 3 nitrogen and oxygen atoms in total. The number of rotatable bonds is 3. The minimum absolute atomic E-state index is 0.741. The summed E-state index contributed by atoms with van der Waals surface area (Å²) < 4.78 is 1.93. The SMILES string of the molecule is Cc1ccc(Cn2nncc2-c2ccccc2)cc1. The molecule has 3 rings (SSSR count). The van der Waals surface area contributed by atoms with Crippen molar-refractivity contribution in [3.8, 4) is 11.3 Å². The summed E-state index contributed by atoms with van der Waals surface area (Å²) in [4.78, 5) is 0. The quantitative estimate of drug-likeness (QED) is 0.713. The monoisotopic (exact) mass is 249 g/mol. The van der Waals surface area contributed by atoms with Gasteiger partial charge in [-0.25, -0.2) is 4.68 Å². The Morgan fingerprint density at radius 2 is 1.68 bits per heavy atom. The Balaban J connectivity index is 1.91. The molecule has 1 heterocycles. The van der Waals surface area contributed by atoms with Crippen molar-refractivity contribution < 1.29 is 0 Å². The van der Waals surface area contributed by atoms with Gasteiger partial charge in [0.15, 0.2) is 0 Å². The first-order valence-electron chi connectivity index (χ1n) is 6.32. The molecule has 3 heteroatoms. The van der Waals surface area contributed by atoms with E-state index in [0.29, 0.717) is 0 Å². The Labute approximate surface area is 112 Å². The lowest BCUT2D eigenvalue weighted by Gasteiger charge is -2.06. The van der Waals surface area contributed by atoms with Crippen LogP contribution in [0.1, 0.15) is 11.1 Å². The highest BCUT2D eigenvalue weighted by Crippen LogP contribution is 2.18. The fraction of sp³-hybridized carbons (Fsp3) is 0.125. The molecular formula is C16H15N3. The van der Waals surface area contributed by atoms with E-state index in [1.165, 1.54) is 11.1 Å². The summed E-state index contributed by atoms with van der Waals surface area (Å²) in [5.41, 5.74) is 4.68. The predicted octanol–water partition coefficient (Wildman–Crippen LogP) is 3.30. The summed E-state index contributed by atoms with van der Waals surface area (Å²) in [6.45, 7) is 2.83. The third kappa shape index (κ3) is 2.55. The zero-order valence-electron chi connectivity index (χ0n) is 10.8. The highest BCUT2D eigenvalue weighted by Gasteiger charge is 2.06. The molecule has 0 saturated heterocycles. The van der Waals surface area contributed by atoms with Crippen molar-refractivity contribution in [1.29, 1.82) is 0 Å². The van der Waals surface area contributed by atoms with Crippen molar-refractivity contribution in [2.24, 2.45) is 0 Å². The largest absolute Gasteiger partial charge is 0.240 e. The first-order chi connectivity index (χ1) is 9.33. The van der Waals surface area contributed by atoms with Crippen LogP contribution in [-0.2, 0) is 6.54 Å². The molecule has 0 amide bonds. The van der Waals surface area contributed by atoms with Gasteiger partial charge in [-0.3, -0.25) is 0 Å². The first kappa shape index (κ1) is 11.7. The van der Waals surface area contributed by atoms with Gasteiger partial charge in [-0.15, -0.1) is 5.10 Å². The zero-order valence-corrected chi connectivity index (χ0v) is 10.8. The Morgan fingerprint density at radius 1 is 0.947 bits per heavy atom. The molecule has 0 fully saturated rings. The summed E-state index contributed by atoms with van der Waals surface area (Å²) >= 11 is 0. The molecule has 0 aliphatic heterocycles. The number of hydrogen-bond acceptors (Lipinski definition) is 2. The Morgan fingerprint density at radius 3 is 2.42 bits per heavy atom. The standard InChI is InChI=1S/C16H15N3/c1-13-7-9-14(10-8-13)12-19-16(11-17-18-19)15-5-3-2-4-6-15/h2-11H,12H2,1H3. The Kier molecular flexibility index (Phi) is 3.11. The van der Waals surface area contributed by atoms with E-state index in [4.69, 9.17) is 0 Å². The number of benzene rings is 2. The van der Waals surface area contributed by atoms with Gasteiger partial charge in [0.2, 0.25) is 0 Å². The Bertz CT molecular complexity index is 654. The van der Waals surface area contributed by atoms with Gasteiger partial charge in [0.05, 0.1) is 18.4 Å². The molecule has 0 aliphatic carbocycles. The molecule has 0 radical (unpaired) electrons. The minimum Gasteiger partial charge on any atom is -0.240 e. The van der Waals surface area contributed by atoms with Crippen LogP contribution >= 0.6 is 0 Å². The lowest BCUT2D eigenvalue weighted by atomic mass is 10.1. The van der Waals surface area contributed by atoms with Crippen molar-refractivity contribution >= 4 is 0 Å². The molecule has 3 aromatic rings. The number of aromatic nitrogens is 3. The molecule has 0 bridgehead atoms. The van der Waals surface area contributed by atoms with Crippen molar-refractivity contribution in [3.05, 3.63) is 71.9 Å². The van der Waals surface area contributed by atoms with Crippen LogP contribution in [0.2, 0.25) is 0 Å². The van der Waals surface area contributed by atoms with E-state index in [0.717, 1.165) is 17.8 Å². The fourth-order valence-electron chi connectivity index (χ4n) is 2.07. The van der Waals surface area contributed by atoms with Gasteiger partial charge in [-0.2, -0.15) is 0 Å². The average Bonchev–Trinajstić information content (AvgIpc) is 2.90. The summed E-state index contributed by atoms with van der Waals surface area (Å²) in [6.07, 6.45) is 1.81.